The molecule has 0 spiro atoms. The van der Waals surface area contributed by atoms with Crippen molar-refractivity contribution in [2.75, 3.05) is 0 Å². The molecule has 24 heavy (non-hydrogen) atoms. The van der Waals surface area contributed by atoms with E-state index in [-0.39, 0.29) is 17.8 Å². The van der Waals surface area contributed by atoms with Gasteiger partial charge in [0.05, 0.1) is 0 Å². The minimum absolute atomic E-state index is 0.0985. The van der Waals surface area contributed by atoms with E-state index in [1.165, 1.54) is 25.0 Å². The first-order valence-electron chi connectivity index (χ1n) is 9.29. The van der Waals surface area contributed by atoms with Gasteiger partial charge in [0.2, 0.25) is 5.91 Å². The van der Waals surface area contributed by atoms with Crippen molar-refractivity contribution in [3.8, 4) is 0 Å². The van der Waals surface area contributed by atoms with Crippen LogP contribution in [0.1, 0.15) is 51.5 Å². The number of carbonyl (C=O) groups excluding carboxylic acids is 1. The van der Waals surface area contributed by atoms with Gasteiger partial charge in [0.25, 0.3) is 0 Å². The van der Waals surface area contributed by atoms with E-state index in [0.29, 0.717) is 30.3 Å². The fourth-order valence-corrected chi connectivity index (χ4v) is 4.20. The fourth-order valence-electron chi connectivity index (χ4n) is 4.20. The zero-order valence-electron chi connectivity index (χ0n) is 14.7. The number of nitrogens with one attached hydrogen (secondary N) is 2. The number of piperidine rings is 1. The van der Waals surface area contributed by atoms with Crippen LogP contribution in [0.15, 0.2) is 24.3 Å². The number of halogens is 1. The molecule has 2 aliphatic rings. The summed E-state index contributed by atoms with van der Waals surface area (Å²) in [7, 11) is 0. The van der Waals surface area contributed by atoms with Gasteiger partial charge < -0.3 is 10.6 Å². The summed E-state index contributed by atoms with van der Waals surface area (Å²) in [5, 5.41) is 6.85. The van der Waals surface area contributed by atoms with Crippen LogP contribution < -0.4 is 10.6 Å². The average Bonchev–Trinajstić information content (AvgIpc) is 2.87. The molecule has 2 fully saturated rings. The van der Waals surface area contributed by atoms with Crippen molar-refractivity contribution in [1.29, 1.82) is 0 Å². The maximum Gasteiger partial charge on any atom is 0.220 e. The highest BCUT2D eigenvalue weighted by atomic mass is 19.1. The van der Waals surface area contributed by atoms with E-state index in [4.69, 9.17) is 0 Å². The molecule has 2 saturated heterocycles. The second kappa shape index (κ2) is 7.64. The van der Waals surface area contributed by atoms with Gasteiger partial charge in [-0.05, 0) is 61.6 Å². The number of hydrogen-bond donors (Lipinski definition) is 2. The first-order chi connectivity index (χ1) is 11.5. The molecule has 2 aliphatic heterocycles. The molecule has 4 atom stereocenters. The summed E-state index contributed by atoms with van der Waals surface area (Å²) in [6.07, 6.45) is 6.19. The molecule has 0 aliphatic carbocycles. The van der Waals surface area contributed by atoms with Gasteiger partial charge in [-0.25, -0.2) is 4.39 Å². The van der Waals surface area contributed by atoms with Crippen molar-refractivity contribution in [2.45, 2.75) is 70.5 Å². The van der Waals surface area contributed by atoms with Gasteiger partial charge in [-0.1, -0.05) is 26.0 Å². The Morgan fingerprint density at radius 1 is 1.21 bits per heavy atom. The van der Waals surface area contributed by atoms with E-state index in [1.54, 1.807) is 12.1 Å². The van der Waals surface area contributed by atoms with Crippen LogP contribution in [0.5, 0.6) is 0 Å². The number of amides is 1. The molecular formula is C20H29FN2O. The van der Waals surface area contributed by atoms with Gasteiger partial charge >= 0.3 is 0 Å². The summed E-state index contributed by atoms with van der Waals surface area (Å²) in [6.45, 7) is 4.25. The number of fused-ring (bicyclic) bond motifs is 2. The van der Waals surface area contributed by atoms with E-state index in [9.17, 15) is 9.18 Å². The van der Waals surface area contributed by atoms with Crippen LogP contribution in [-0.2, 0) is 11.2 Å². The topological polar surface area (TPSA) is 41.1 Å². The molecule has 1 aromatic carbocycles. The standard InChI is InChI=1S/C20H29FN2O/c1-13(2)19(11-14-3-5-16(21)6-4-14)23-20(24)12-15-9-17-7-8-18(10-15)22-17/h3-6,13,15,17-19,22H,7-12H2,1-2H3,(H,23,24)/t15?,17-,18+,19-/m0/s1. The van der Waals surface area contributed by atoms with Gasteiger partial charge in [-0.3, -0.25) is 4.79 Å². The molecule has 0 radical (unpaired) electrons. The van der Waals surface area contributed by atoms with Crippen LogP contribution in [-0.4, -0.2) is 24.0 Å². The van der Waals surface area contributed by atoms with Crippen LogP contribution in [0.25, 0.3) is 0 Å². The largest absolute Gasteiger partial charge is 0.353 e. The molecule has 4 heteroatoms. The van der Waals surface area contributed by atoms with Crippen LogP contribution in [0, 0.1) is 17.7 Å². The molecule has 1 aromatic rings. The predicted molar refractivity (Wildman–Crippen MR) is 94.2 cm³/mol. The Bertz CT molecular complexity index is 545. The maximum atomic E-state index is 13.0. The van der Waals surface area contributed by atoms with Gasteiger partial charge in [0, 0.05) is 24.5 Å². The van der Waals surface area contributed by atoms with E-state index in [2.05, 4.69) is 24.5 Å². The SMILES string of the molecule is CC(C)[C@H](Cc1ccc(F)cc1)NC(=O)CC1C[C@H]2CC[C@@H](C1)N2. The van der Waals surface area contributed by atoms with Crippen LogP contribution in [0.3, 0.4) is 0 Å². The minimum atomic E-state index is -0.218. The Labute approximate surface area is 144 Å². The van der Waals surface area contributed by atoms with Crippen molar-refractivity contribution >= 4 is 5.91 Å². The summed E-state index contributed by atoms with van der Waals surface area (Å²) in [4.78, 5) is 12.5. The zero-order valence-corrected chi connectivity index (χ0v) is 14.7. The van der Waals surface area contributed by atoms with Crippen LogP contribution >= 0.6 is 0 Å². The summed E-state index contributed by atoms with van der Waals surface area (Å²) in [5.74, 6) is 0.817. The third-order valence-electron chi connectivity index (χ3n) is 5.56. The minimum Gasteiger partial charge on any atom is -0.353 e. The Hall–Kier alpha value is -1.42. The average molecular weight is 332 g/mol. The number of rotatable bonds is 6. The summed E-state index contributed by atoms with van der Waals surface area (Å²) >= 11 is 0. The second-order valence-electron chi connectivity index (χ2n) is 7.93. The lowest BCUT2D eigenvalue weighted by Crippen LogP contribution is -2.43. The van der Waals surface area contributed by atoms with Crippen molar-refractivity contribution < 1.29 is 9.18 Å². The van der Waals surface area contributed by atoms with E-state index >= 15 is 0 Å². The monoisotopic (exact) mass is 332 g/mol. The van der Waals surface area contributed by atoms with E-state index < -0.39 is 0 Å². The summed E-state index contributed by atoms with van der Waals surface area (Å²) in [5.41, 5.74) is 1.07. The Balaban J connectivity index is 1.52. The quantitative estimate of drug-likeness (QED) is 0.838. The van der Waals surface area contributed by atoms with E-state index in [1.807, 2.05) is 0 Å². The molecule has 2 heterocycles. The number of benzene rings is 1. The lowest BCUT2D eigenvalue weighted by atomic mass is 9.89. The highest BCUT2D eigenvalue weighted by Crippen LogP contribution is 2.32. The fraction of sp³-hybridized carbons (Fsp3) is 0.650. The maximum absolute atomic E-state index is 13.0. The number of hydrogen-bond acceptors (Lipinski definition) is 2. The second-order valence-corrected chi connectivity index (χ2v) is 7.93. The molecule has 2 bridgehead atoms. The lowest BCUT2D eigenvalue weighted by molar-refractivity contribution is -0.123. The van der Waals surface area contributed by atoms with Crippen molar-refractivity contribution in [1.82, 2.24) is 10.6 Å². The predicted octanol–water partition coefficient (Wildman–Crippen LogP) is 3.43. The highest BCUT2D eigenvalue weighted by molar-refractivity contribution is 5.76. The van der Waals surface area contributed by atoms with Crippen molar-refractivity contribution in [3.63, 3.8) is 0 Å². The summed E-state index contributed by atoms with van der Waals surface area (Å²) < 4.78 is 13.0. The van der Waals surface area contributed by atoms with Gasteiger partial charge in [0.15, 0.2) is 0 Å². The molecule has 0 saturated carbocycles. The first kappa shape index (κ1) is 17.4. The molecule has 2 N–H and O–H groups in total. The Morgan fingerprint density at radius 3 is 2.42 bits per heavy atom. The Morgan fingerprint density at radius 2 is 1.83 bits per heavy atom. The zero-order chi connectivity index (χ0) is 17.1. The smallest absolute Gasteiger partial charge is 0.220 e. The molecule has 0 aromatic heterocycles. The van der Waals surface area contributed by atoms with Crippen molar-refractivity contribution in [3.05, 3.63) is 35.6 Å². The normalized spacial score (nSPS) is 27.2. The van der Waals surface area contributed by atoms with Crippen LogP contribution in [0.4, 0.5) is 4.39 Å². The molecular weight excluding hydrogens is 303 g/mol. The lowest BCUT2D eigenvalue weighted by Gasteiger charge is -2.30. The van der Waals surface area contributed by atoms with E-state index in [0.717, 1.165) is 24.8 Å². The van der Waals surface area contributed by atoms with Crippen molar-refractivity contribution in [2.24, 2.45) is 11.8 Å². The van der Waals surface area contributed by atoms with Gasteiger partial charge in [-0.2, -0.15) is 0 Å². The highest BCUT2D eigenvalue weighted by Gasteiger charge is 2.34. The Kier molecular flexibility index (Phi) is 5.54. The molecule has 3 nitrogen and oxygen atoms in total. The van der Waals surface area contributed by atoms with Crippen LogP contribution in [0.2, 0.25) is 0 Å². The van der Waals surface area contributed by atoms with Gasteiger partial charge in [-0.15, -0.1) is 0 Å². The molecule has 132 valence electrons. The number of carbonyl (C=O) groups is 1. The molecule has 1 unspecified atom stereocenters. The molecule has 3 rings (SSSR count). The van der Waals surface area contributed by atoms with Gasteiger partial charge in [0.1, 0.15) is 5.82 Å². The molecule has 1 amide bonds. The third kappa shape index (κ3) is 4.56. The summed E-state index contributed by atoms with van der Waals surface area (Å²) in [6, 6.07) is 7.94. The first-order valence-corrected chi connectivity index (χ1v) is 9.29. The third-order valence-corrected chi connectivity index (χ3v) is 5.56.